The van der Waals surface area contributed by atoms with Gasteiger partial charge in [-0.25, -0.2) is 9.97 Å². The summed E-state index contributed by atoms with van der Waals surface area (Å²) in [7, 11) is -4.40. The third-order valence-electron chi connectivity index (χ3n) is 1.57. The number of nitrogens with zero attached hydrogens (tertiary/aromatic N) is 2. The van der Waals surface area contributed by atoms with E-state index in [0.29, 0.717) is 0 Å². The molecule has 0 radical (unpaired) electrons. The third kappa shape index (κ3) is 2.12. The first-order valence-electron chi connectivity index (χ1n) is 3.64. The minimum absolute atomic E-state index is 0.222. The van der Waals surface area contributed by atoms with Crippen LogP contribution in [0.2, 0.25) is 0 Å². The highest BCUT2D eigenvalue weighted by Gasteiger charge is 2.16. The summed E-state index contributed by atoms with van der Waals surface area (Å²) in [5, 5.41) is -0.694. The van der Waals surface area contributed by atoms with E-state index >= 15 is 0 Å². The molecule has 7 heteroatoms. The molecule has 1 aromatic heterocycles. The Morgan fingerprint density at radius 2 is 2.07 bits per heavy atom. The Hall–Kier alpha value is -1.34. The Balaban J connectivity index is 3.34. The fourth-order valence-corrected chi connectivity index (χ4v) is 1.35. The second kappa shape index (κ2) is 3.43. The first-order chi connectivity index (χ1) is 6.32. The van der Waals surface area contributed by atoms with E-state index in [4.69, 9.17) is 4.55 Å². The number of hydrogen-bond acceptors (Lipinski definition) is 5. The molecule has 76 valence electrons. The standard InChI is InChI=1S/C7H8N2O4S/c1-4-6(5(2)10)3-8-7(9-4)14(11,12)13/h3H,1-2H3,(H,11,12,13). The smallest absolute Gasteiger partial charge is 0.294 e. The molecule has 0 fully saturated rings. The van der Waals surface area contributed by atoms with E-state index in [-0.39, 0.29) is 17.0 Å². The third-order valence-corrected chi connectivity index (χ3v) is 2.23. The quantitative estimate of drug-likeness (QED) is 0.432. The van der Waals surface area contributed by atoms with Crippen molar-refractivity contribution in [2.45, 2.75) is 19.0 Å². The number of ketones is 1. The first kappa shape index (κ1) is 10.7. The summed E-state index contributed by atoms with van der Waals surface area (Å²) in [4.78, 5) is 17.8. The monoisotopic (exact) mass is 216 g/mol. The van der Waals surface area contributed by atoms with Crippen LogP contribution in [0.1, 0.15) is 23.0 Å². The van der Waals surface area contributed by atoms with E-state index in [2.05, 4.69) is 9.97 Å². The maximum absolute atomic E-state index is 10.9. The summed E-state index contributed by atoms with van der Waals surface area (Å²) in [6, 6.07) is 0. The van der Waals surface area contributed by atoms with Crippen molar-refractivity contribution in [2.75, 3.05) is 0 Å². The van der Waals surface area contributed by atoms with Crippen molar-refractivity contribution in [2.24, 2.45) is 0 Å². The van der Waals surface area contributed by atoms with Crippen LogP contribution in [-0.4, -0.2) is 28.7 Å². The lowest BCUT2D eigenvalue weighted by Gasteiger charge is -2.01. The topological polar surface area (TPSA) is 97.2 Å². The van der Waals surface area contributed by atoms with Crippen molar-refractivity contribution >= 4 is 15.9 Å². The van der Waals surface area contributed by atoms with Crippen molar-refractivity contribution in [3.8, 4) is 0 Å². The molecule has 0 saturated heterocycles. The maximum Gasteiger partial charge on any atom is 0.330 e. The van der Waals surface area contributed by atoms with Gasteiger partial charge in [0.1, 0.15) is 0 Å². The zero-order valence-electron chi connectivity index (χ0n) is 7.55. The molecule has 1 aromatic rings. The Kier molecular flexibility index (Phi) is 2.63. The van der Waals surface area contributed by atoms with Crippen LogP contribution in [0, 0.1) is 6.92 Å². The van der Waals surface area contributed by atoms with Crippen LogP contribution in [0.4, 0.5) is 0 Å². The highest BCUT2D eigenvalue weighted by atomic mass is 32.2. The van der Waals surface area contributed by atoms with E-state index in [0.717, 1.165) is 6.20 Å². The predicted molar refractivity (Wildman–Crippen MR) is 46.6 cm³/mol. The highest BCUT2D eigenvalue weighted by molar-refractivity contribution is 7.85. The van der Waals surface area contributed by atoms with Gasteiger partial charge in [-0.3, -0.25) is 9.35 Å². The first-order valence-corrected chi connectivity index (χ1v) is 5.08. The van der Waals surface area contributed by atoms with Crippen LogP contribution in [0.15, 0.2) is 11.4 Å². The number of rotatable bonds is 2. The normalized spacial score (nSPS) is 11.4. The van der Waals surface area contributed by atoms with E-state index < -0.39 is 15.3 Å². The lowest BCUT2D eigenvalue weighted by Crippen LogP contribution is -2.09. The second-order valence-electron chi connectivity index (χ2n) is 2.68. The van der Waals surface area contributed by atoms with Gasteiger partial charge in [-0.15, -0.1) is 0 Å². The average molecular weight is 216 g/mol. The van der Waals surface area contributed by atoms with Gasteiger partial charge in [-0.05, 0) is 13.8 Å². The number of aromatic nitrogens is 2. The van der Waals surface area contributed by atoms with Crippen LogP contribution in [0.5, 0.6) is 0 Å². The van der Waals surface area contributed by atoms with Crippen molar-refractivity contribution in [3.63, 3.8) is 0 Å². The van der Waals surface area contributed by atoms with Crippen LogP contribution in [0.25, 0.3) is 0 Å². The molecule has 0 atom stereocenters. The minimum atomic E-state index is -4.40. The molecule has 0 amide bonds. The predicted octanol–water partition coefficient (Wildman–Crippen LogP) is 0.234. The Morgan fingerprint density at radius 1 is 1.50 bits per heavy atom. The molecule has 6 nitrogen and oxygen atoms in total. The second-order valence-corrected chi connectivity index (χ2v) is 4.00. The van der Waals surface area contributed by atoms with Crippen LogP contribution >= 0.6 is 0 Å². The molecule has 1 heterocycles. The Morgan fingerprint density at radius 3 is 2.43 bits per heavy atom. The summed E-state index contributed by atoms with van der Waals surface area (Å²) in [5.74, 6) is -0.260. The van der Waals surface area contributed by atoms with Crippen molar-refractivity contribution < 1.29 is 17.8 Å². The fourth-order valence-electron chi connectivity index (χ4n) is 0.916. The summed E-state index contributed by atoms with van der Waals surface area (Å²) < 4.78 is 29.8. The van der Waals surface area contributed by atoms with Gasteiger partial charge >= 0.3 is 10.1 Å². The van der Waals surface area contributed by atoms with Gasteiger partial charge < -0.3 is 0 Å². The molecular formula is C7H8N2O4S. The molecule has 1 N–H and O–H groups in total. The van der Waals surface area contributed by atoms with Crippen LogP contribution < -0.4 is 0 Å². The summed E-state index contributed by atoms with van der Waals surface area (Å²) >= 11 is 0. The molecule has 0 aliphatic carbocycles. The van der Waals surface area contributed by atoms with E-state index in [1.165, 1.54) is 13.8 Å². The summed E-state index contributed by atoms with van der Waals surface area (Å²) in [6.45, 7) is 2.78. The molecule has 0 unspecified atom stereocenters. The zero-order valence-corrected chi connectivity index (χ0v) is 8.37. The molecule has 0 aliphatic heterocycles. The minimum Gasteiger partial charge on any atom is -0.294 e. The molecule has 0 aliphatic rings. The number of carbonyl (C=O) groups excluding carboxylic acids is 1. The van der Waals surface area contributed by atoms with Gasteiger partial charge in [0, 0.05) is 6.20 Å². The largest absolute Gasteiger partial charge is 0.330 e. The lowest BCUT2D eigenvalue weighted by atomic mass is 10.2. The van der Waals surface area contributed by atoms with Crippen molar-refractivity contribution in [3.05, 3.63) is 17.5 Å². The number of aryl methyl sites for hydroxylation is 1. The van der Waals surface area contributed by atoms with Crippen LogP contribution in [-0.2, 0) is 10.1 Å². The SMILES string of the molecule is CC(=O)c1cnc(S(=O)(=O)O)nc1C. The van der Waals surface area contributed by atoms with Gasteiger partial charge in [0.25, 0.3) is 5.16 Å². The van der Waals surface area contributed by atoms with Gasteiger partial charge in [0.05, 0.1) is 11.3 Å². The average Bonchev–Trinajstić information content (AvgIpc) is 2.01. The number of Topliss-reactive ketones (excluding diaryl/α,β-unsaturated/α-hetero) is 1. The lowest BCUT2D eigenvalue weighted by molar-refractivity contribution is 0.101. The Bertz CT molecular complexity index is 480. The summed E-state index contributed by atoms with van der Waals surface area (Å²) in [5.41, 5.74) is 0.456. The van der Waals surface area contributed by atoms with Crippen LogP contribution in [0.3, 0.4) is 0 Å². The maximum atomic E-state index is 10.9. The summed E-state index contributed by atoms with van der Waals surface area (Å²) in [6.07, 6.45) is 1.08. The number of carbonyl (C=O) groups is 1. The molecule has 1 rings (SSSR count). The Labute approximate surface area is 80.8 Å². The van der Waals surface area contributed by atoms with E-state index in [1.54, 1.807) is 0 Å². The molecule has 0 aromatic carbocycles. The van der Waals surface area contributed by atoms with Crippen molar-refractivity contribution in [1.29, 1.82) is 0 Å². The van der Waals surface area contributed by atoms with Gasteiger partial charge in [-0.1, -0.05) is 0 Å². The van der Waals surface area contributed by atoms with Gasteiger partial charge in [-0.2, -0.15) is 8.42 Å². The number of hydrogen-bond donors (Lipinski definition) is 1. The van der Waals surface area contributed by atoms with E-state index in [9.17, 15) is 13.2 Å². The van der Waals surface area contributed by atoms with Crippen molar-refractivity contribution in [1.82, 2.24) is 9.97 Å². The molecule has 14 heavy (non-hydrogen) atoms. The highest BCUT2D eigenvalue weighted by Crippen LogP contribution is 2.07. The van der Waals surface area contributed by atoms with Gasteiger partial charge in [0.15, 0.2) is 5.78 Å². The fraction of sp³-hybridized carbons (Fsp3) is 0.286. The van der Waals surface area contributed by atoms with Gasteiger partial charge in [0.2, 0.25) is 0 Å². The molecule has 0 saturated carbocycles. The zero-order chi connectivity index (χ0) is 10.9. The van der Waals surface area contributed by atoms with E-state index in [1.807, 2.05) is 0 Å². The molecular weight excluding hydrogens is 208 g/mol. The molecule has 0 spiro atoms. The molecule has 0 bridgehead atoms.